The zero-order valence-electron chi connectivity index (χ0n) is 10.5. The van der Waals surface area contributed by atoms with Crippen LogP contribution < -0.4 is 0 Å². The van der Waals surface area contributed by atoms with Crippen molar-refractivity contribution in [2.75, 3.05) is 6.61 Å². The molecule has 0 saturated carbocycles. The van der Waals surface area contributed by atoms with Crippen molar-refractivity contribution in [3.05, 3.63) is 47.2 Å². The summed E-state index contributed by atoms with van der Waals surface area (Å²) in [6.45, 7) is 2.18. The van der Waals surface area contributed by atoms with Gasteiger partial charge in [0.15, 0.2) is 0 Å². The van der Waals surface area contributed by atoms with Crippen molar-refractivity contribution in [3.63, 3.8) is 0 Å². The first kappa shape index (κ1) is 12.0. The Bertz CT molecular complexity index is 713. The highest BCUT2D eigenvalue weighted by Gasteiger charge is 2.17. The summed E-state index contributed by atoms with van der Waals surface area (Å²) in [6.07, 6.45) is -0.329. The number of para-hydroxylation sites is 1. The largest absolute Gasteiger partial charge is 0.449 e. The number of nitrogens with zero attached hydrogens (tertiary/aromatic N) is 1. The predicted octanol–water partition coefficient (Wildman–Crippen LogP) is 4.37. The summed E-state index contributed by atoms with van der Waals surface area (Å²) < 4.78 is 6.80. The third-order valence-corrected chi connectivity index (χ3v) is 3.66. The molecule has 0 unspecified atom stereocenters. The molecule has 0 saturated heterocycles. The number of aromatic nitrogens is 1. The van der Waals surface area contributed by atoms with Crippen molar-refractivity contribution < 1.29 is 9.53 Å². The highest BCUT2D eigenvalue weighted by atomic mass is 32.1. The van der Waals surface area contributed by atoms with Crippen molar-refractivity contribution in [1.29, 1.82) is 0 Å². The zero-order chi connectivity index (χ0) is 13.2. The van der Waals surface area contributed by atoms with E-state index in [1.165, 1.54) is 0 Å². The predicted molar refractivity (Wildman–Crippen MR) is 77.7 cm³/mol. The molecule has 3 rings (SSSR count). The maximum Gasteiger partial charge on any atom is 0.418 e. The second kappa shape index (κ2) is 4.90. The molecular formula is C15H13NO2S. The van der Waals surface area contributed by atoms with E-state index in [1.807, 2.05) is 54.1 Å². The summed E-state index contributed by atoms with van der Waals surface area (Å²) in [4.78, 5) is 12.2. The summed E-state index contributed by atoms with van der Waals surface area (Å²) >= 11 is 1.61. The number of carbonyl (C=O) groups is 1. The van der Waals surface area contributed by atoms with Gasteiger partial charge in [-0.15, -0.1) is 0 Å². The Hall–Kier alpha value is -2.07. The quantitative estimate of drug-likeness (QED) is 0.693. The fourth-order valence-corrected chi connectivity index (χ4v) is 2.81. The number of benzene rings is 1. The molecule has 96 valence electrons. The Morgan fingerprint density at radius 3 is 2.89 bits per heavy atom. The van der Waals surface area contributed by atoms with Gasteiger partial charge in [-0.25, -0.2) is 9.36 Å². The third-order valence-electron chi connectivity index (χ3n) is 2.98. The molecule has 0 fully saturated rings. The van der Waals surface area contributed by atoms with E-state index in [1.54, 1.807) is 15.9 Å². The first-order valence-electron chi connectivity index (χ1n) is 6.11. The SMILES string of the molecule is CCOC(=O)n1c(-c2ccsc2)cc2ccccc21. The first-order chi connectivity index (χ1) is 9.31. The number of hydrogen-bond acceptors (Lipinski definition) is 3. The van der Waals surface area contributed by atoms with Gasteiger partial charge >= 0.3 is 6.09 Å². The smallest absolute Gasteiger partial charge is 0.418 e. The van der Waals surface area contributed by atoms with E-state index in [9.17, 15) is 4.79 Å². The van der Waals surface area contributed by atoms with Crippen LogP contribution in [0.4, 0.5) is 4.79 Å². The number of carbonyl (C=O) groups excluding carboxylic acids is 1. The highest BCUT2D eigenvalue weighted by molar-refractivity contribution is 7.08. The average Bonchev–Trinajstić information content (AvgIpc) is 3.06. The molecule has 2 aromatic heterocycles. The molecule has 0 radical (unpaired) electrons. The van der Waals surface area contributed by atoms with E-state index in [0.29, 0.717) is 6.61 Å². The second-order valence-corrected chi connectivity index (χ2v) is 4.91. The molecule has 19 heavy (non-hydrogen) atoms. The molecule has 4 heteroatoms. The molecule has 0 aliphatic carbocycles. The number of fused-ring (bicyclic) bond motifs is 1. The Morgan fingerprint density at radius 2 is 2.16 bits per heavy atom. The Morgan fingerprint density at radius 1 is 1.32 bits per heavy atom. The van der Waals surface area contributed by atoms with E-state index in [0.717, 1.165) is 22.2 Å². The van der Waals surface area contributed by atoms with Gasteiger partial charge in [0, 0.05) is 16.3 Å². The van der Waals surface area contributed by atoms with Gasteiger partial charge in [-0.3, -0.25) is 0 Å². The molecule has 3 aromatic rings. The van der Waals surface area contributed by atoms with Crippen LogP contribution in [0.15, 0.2) is 47.2 Å². The van der Waals surface area contributed by atoms with Gasteiger partial charge in [0.25, 0.3) is 0 Å². The number of thiophene rings is 1. The molecule has 0 bridgehead atoms. The van der Waals surface area contributed by atoms with Crippen molar-refractivity contribution in [3.8, 4) is 11.3 Å². The minimum absolute atomic E-state index is 0.329. The van der Waals surface area contributed by atoms with Crippen LogP contribution in [0.3, 0.4) is 0 Å². The Balaban J connectivity index is 2.25. The lowest BCUT2D eigenvalue weighted by Gasteiger charge is -2.08. The van der Waals surface area contributed by atoms with Crippen LogP contribution in [0, 0.1) is 0 Å². The lowest BCUT2D eigenvalue weighted by Crippen LogP contribution is -2.14. The molecule has 0 amide bonds. The summed E-state index contributed by atoms with van der Waals surface area (Å²) in [5, 5.41) is 5.07. The standard InChI is InChI=1S/C15H13NO2S/c1-2-18-15(17)16-13-6-4-3-5-11(13)9-14(16)12-7-8-19-10-12/h3-10H,2H2,1H3. The summed E-state index contributed by atoms with van der Waals surface area (Å²) in [6, 6.07) is 11.9. The molecule has 0 spiro atoms. The van der Waals surface area contributed by atoms with Crippen LogP contribution in [0.25, 0.3) is 22.2 Å². The summed E-state index contributed by atoms with van der Waals surface area (Å²) in [5.74, 6) is 0. The fraction of sp³-hybridized carbons (Fsp3) is 0.133. The topological polar surface area (TPSA) is 31.2 Å². The molecule has 0 atom stereocenters. The zero-order valence-corrected chi connectivity index (χ0v) is 11.3. The van der Waals surface area contributed by atoms with Crippen molar-refractivity contribution in [2.45, 2.75) is 6.92 Å². The van der Waals surface area contributed by atoms with Crippen LogP contribution >= 0.6 is 11.3 Å². The Labute approximate surface area is 115 Å². The van der Waals surface area contributed by atoms with E-state index < -0.39 is 0 Å². The van der Waals surface area contributed by atoms with Gasteiger partial charge in [0.2, 0.25) is 0 Å². The molecule has 0 aliphatic heterocycles. The Kier molecular flexibility index (Phi) is 3.09. The maximum atomic E-state index is 12.2. The van der Waals surface area contributed by atoms with Crippen LogP contribution in [0.1, 0.15) is 6.92 Å². The van der Waals surface area contributed by atoms with Crippen LogP contribution in [-0.2, 0) is 4.74 Å². The minimum atomic E-state index is -0.329. The normalized spacial score (nSPS) is 10.8. The van der Waals surface area contributed by atoms with Crippen molar-refractivity contribution in [2.24, 2.45) is 0 Å². The van der Waals surface area contributed by atoms with E-state index in [4.69, 9.17) is 4.74 Å². The van der Waals surface area contributed by atoms with Crippen molar-refractivity contribution in [1.82, 2.24) is 4.57 Å². The first-order valence-corrected chi connectivity index (χ1v) is 7.05. The fourth-order valence-electron chi connectivity index (χ4n) is 2.16. The highest BCUT2D eigenvalue weighted by Crippen LogP contribution is 2.29. The number of hydrogen-bond donors (Lipinski definition) is 0. The molecule has 0 N–H and O–H groups in total. The van der Waals surface area contributed by atoms with Gasteiger partial charge in [-0.2, -0.15) is 11.3 Å². The van der Waals surface area contributed by atoms with E-state index in [2.05, 4.69) is 0 Å². The summed E-state index contributed by atoms with van der Waals surface area (Å²) in [7, 11) is 0. The lowest BCUT2D eigenvalue weighted by atomic mass is 10.2. The van der Waals surface area contributed by atoms with Crippen LogP contribution in [-0.4, -0.2) is 17.3 Å². The van der Waals surface area contributed by atoms with E-state index in [-0.39, 0.29) is 6.09 Å². The van der Waals surface area contributed by atoms with Crippen LogP contribution in [0.2, 0.25) is 0 Å². The average molecular weight is 271 g/mol. The van der Waals surface area contributed by atoms with Crippen molar-refractivity contribution >= 4 is 28.3 Å². The molecule has 3 nitrogen and oxygen atoms in total. The summed E-state index contributed by atoms with van der Waals surface area (Å²) in [5.41, 5.74) is 2.79. The van der Waals surface area contributed by atoms with Gasteiger partial charge < -0.3 is 4.74 Å². The van der Waals surface area contributed by atoms with E-state index >= 15 is 0 Å². The van der Waals surface area contributed by atoms with Crippen LogP contribution in [0.5, 0.6) is 0 Å². The number of rotatable bonds is 2. The second-order valence-electron chi connectivity index (χ2n) is 4.13. The van der Waals surface area contributed by atoms with Gasteiger partial charge in [-0.05, 0) is 30.5 Å². The monoisotopic (exact) mass is 271 g/mol. The minimum Gasteiger partial charge on any atom is -0.449 e. The third kappa shape index (κ3) is 2.04. The number of ether oxygens (including phenoxy) is 1. The molecule has 0 aliphatic rings. The molecular weight excluding hydrogens is 258 g/mol. The van der Waals surface area contributed by atoms with Gasteiger partial charge in [-0.1, -0.05) is 18.2 Å². The lowest BCUT2D eigenvalue weighted by molar-refractivity contribution is 0.155. The van der Waals surface area contributed by atoms with Gasteiger partial charge in [0.1, 0.15) is 0 Å². The maximum absolute atomic E-state index is 12.2. The molecule has 2 heterocycles. The molecule has 1 aromatic carbocycles. The van der Waals surface area contributed by atoms with Gasteiger partial charge in [0.05, 0.1) is 17.8 Å².